The van der Waals surface area contributed by atoms with Crippen LogP contribution in [0.5, 0.6) is 0 Å². The Hall–Kier alpha value is -2.51. The van der Waals surface area contributed by atoms with Crippen molar-refractivity contribution in [2.24, 2.45) is 0 Å². The van der Waals surface area contributed by atoms with Crippen LogP contribution in [0.25, 0.3) is 21.0 Å². The molecule has 0 atom stereocenters. The van der Waals surface area contributed by atoms with Crippen LogP contribution in [0.2, 0.25) is 0 Å². The van der Waals surface area contributed by atoms with E-state index in [1.807, 2.05) is 29.6 Å². The molecule has 132 valence electrons. The van der Waals surface area contributed by atoms with Crippen molar-refractivity contribution in [1.29, 1.82) is 0 Å². The molecule has 1 aromatic carbocycles. The summed E-state index contributed by atoms with van der Waals surface area (Å²) in [4.78, 5) is 21.4. The Morgan fingerprint density at radius 2 is 2.04 bits per heavy atom. The Morgan fingerprint density at radius 3 is 2.81 bits per heavy atom. The van der Waals surface area contributed by atoms with Gasteiger partial charge >= 0.3 is 0 Å². The fraction of sp³-hybridized carbons (Fsp3) is 0.211. The zero-order chi connectivity index (χ0) is 18.1. The van der Waals surface area contributed by atoms with Gasteiger partial charge in [-0.2, -0.15) is 0 Å². The lowest BCUT2D eigenvalue weighted by atomic mass is 10.2. The molecule has 0 aliphatic heterocycles. The number of nitrogens with one attached hydrogen (secondary N) is 1. The average Bonchev–Trinajstić information content (AvgIpc) is 3.37. The summed E-state index contributed by atoms with van der Waals surface area (Å²) in [6.45, 7) is 4.60. The van der Waals surface area contributed by atoms with Crippen molar-refractivity contribution in [1.82, 2.24) is 15.3 Å². The minimum absolute atomic E-state index is 0.253. The van der Waals surface area contributed by atoms with Crippen LogP contribution in [0.4, 0.5) is 0 Å². The number of hydrogen-bond donors (Lipinski definition) is 1. The van der Waals surface area contributed by atoms with E-state index >= 15 is 0 Å². The second kappa shape index (κ2) is 7.01. The predicted octanol–water partition coefficient (Wildman–Crippen LogP) is 5.07. The van der Waals surface area contributed by atoms with E-state index in [9.17, 15) is 4.79 Å². The van der Waals surface area contributed by atoms with Crippen LogP contribution in [-0.4, -0.2) is 15.9 Å². The van der Waals surface area contributed by atoms with E-state index in [1.54, 1.807) is 34.8 Å². The van der Waals surface area contributed by atoms with Gasteiger partial charge in [0.25, 0.3) is 5.91 Å². The molecular weight excluding hydrogens is 366 g/mol. The molecule has 7 heteroatoms. The number of carbonyl (C=O) groups is 1. The molecule has 0 saturated carbocycles. The average molecular weight is 383 g/mol. The van der Waals surface area contributed by atoms with Crippen molar-refractivity contribution < 1.29 is 9.21 Å². The van der Waals surface area contributed by atoms with Crippen molar-refractivity contribution >= 4 is 38.8 Å². The maximum Gasteiger partial charge on any atom is 0.287 e. The molecule has 1 N–H and O–H groups in total. The predicted molar refractivity (Wildman–Crippen MR) is 105 cm³/mol. The fourth-order valence-corrected chi connectivity index (χ4v) is 4.24. The van der Waals surface area contributed by atoms with E-state index in [0.29, 0.717) is 18.2 Å². The normalized spacial score (nSPS) is 11.3. The second-order valence-corrected chi connectivity index (χ2v) is 8.09. The highest BCUT2D eigenvalue weighted by atomic mass is 32.1. The van der Waals surface area contributed by atoms with Crippen LogP contribution in [0.1, 0.15) is 41.0 Å². The van der Waals surface area contributed by atoms with Crippen LogP contribution in [0.15, 0.2) is 46.2 Å². The monoisotopic (exact) mass is 383 g/mol. The first-order valence-corrected chi connectivity index (χ1v) is 9.98. The summed E-state index contributed by atoms with van der Waals surface area (Å²) in [5, 5.41) is 6.67. The van der Waals surface area contributed by atoms with Gasteiger partial charge in [-0.25, -0.2) is 9.97 Å². The molecule has 0 unspecified atom stereocenters. The summed E-state index contributed by atoms with van der Waals surface area (Å²) >= 11 is 3.16. The molecule has 0 aliphatic carbocycles. The van der Waals surface area contributed by atoms with Crippen LogP contribution < -0.4 is 5.32 Å². The van der Waals surface area contributed by atoms with Gasteiger partial charge < -0.3 is 9.73 Å². The van der Waals surface area contributed by atoms with Crippen molar-refractivity contribution in [2.75, 3.05) is 0 Å². The molecule has 0 aliphatic rings. The molecule has 5 nitrogen and oxygen atoms in total. The van der Waals surface area contributed by atoms with Gasteiger partial charge in [0.1, 0.15) is 0 Å². The smallest absolute Gasteiger partial charge is 0.287 e. The third-order valence-corrected chi connectivity index (χ3v) is 6.07. The van der Waals surface area contributed by atoms with Gasteiger partial charge in [0.15, 0.2) is 16.5 Å². The molecule has 4 aromatic rings. The highest BCUT2D eigenvalue weighted by Gasteiger charge is 2.15. The molecule has 0 fully saturated rings. The standard InChI is InChI=1S/C19H17N3O2S2/c1-11(2)18-21-12(10-25-18)9-20-17(23)14-7-8-15(24-14)19-22-13-5-3-4-6-16(13)26-19/h3-8,10-11H,9H2,1-2H3,(H,20,23). The van der Waals surface area contributed by atoms with E-state index < -0.39 is 0 Å². The summed E-state index contributed by atoms with van der Waals surface area (Å²) in [6.07, 6.45) is 0. The zero-order valence-electron chi connectivity index (χ0n) is 14.4. The Morgan fingerprint density at radius 1 is 1.19 bits per heavy atom. The first-order chi connectivity index (χ1) is 12.6. The molecule has 0 radical (unpaired) electrons. The lowest BCUT2D eigenvalue weighted by Gasteiger charge is -2.01. The number of carbonyl (C=O) groups excluding carboxylic acids is 1. The van der Waals surface area contributed by atoms with Crippen molar-refractivity contribution in [3.8, 4) is 10.8 Å². The minimum atomic E-state index is -0.253. The van der Waals surface area contributed by atoms with Crippen LogP contribution in [-0.2, 0) is 6.54 Å². The summed E-state index contributed by atoms with van der Waals surface area (Å²) in [5.41, 5.74) is 1.80. The molecule has 1 amide bonds. The lowest BCUT2D eigenvalue weighted by molar-refractivity contribution is 0.0923. The van der Waals surface area contributed by atoms with Crippen molar-refractivity contribution in [3.63, 3.8) is 0 Å². The number of amides is 1. The number of para-hydroxylation sites is 1. The maximum atomic E-state index is 12.3. The lowest BCUT2D eigenvalue weighted by Crippen LogP contribution is -2.22. The first-order valence-electron chi connectivity index (χ1n) is 8.28. The summed E-state index contributed by atoms with van der Waals surface area (Å²) in [6, 6.07) is 11.4. The number of rotatable bonds is 5. The van der Waals surface area contributed by atoms with Gasteiger partial charge in [0, 0.05) is 11.3 Å². The molecule has 0 bridgehead atoms. The van der Waals surface area contributed by atoms with E-state index in [-0.39, 0.29) is 11.7 Å². The highest BCUT2D eigenvalue weighted by Crippen LogP contribution is 2.31. The van der Waals surface area contributed by atoms with Crippen molar-refractivity contribution in [2.45, 2.75) is 26.3 Å². The number of furan rings is 1. The molecule has 3 heterocycles. The largest absolute Gasteiger partial charge is 0.448 e. The SMILES string of the molecule is CC(C)c1nc(CNC(=O)c2ccc(-c3nc4ccccc4s3)o2)cs1. The maximum absolute atomic E-state index is 12.3. The van der Waals surface area contributed by atoms with E-state index in [0.717, 1.165) is 25.9 Å². The molecule has 3 aromatic heterocycles. The molecule has 0 saturated heterocycles. The fourth-order valence-electron chi connectivity index (χ4n) is 2.48. The van der Waals surface area contributed by atoms with Gasteiger partial charge in [-0.3, -0.25) is 4.79 Å². The Bertz CT molecular complexity index is 1030. The number of thiazole rings is 2. The van der Waals surface area contributed by atoms with Gasteiger partial charge in [0.2, 0.25) is 0 Å². The van der Waals surface area contributed by atoms with Crippen molar-refractivity contribution in [3.05, 3.63) is 58.2 Å². The number of nitrogens with zero attached hydrogens (tertiary/aromatic N) is 2. The van der Waals surface area contributed by atoms with Crippen LogP contribution >= 0.6 is 22.7 Å². The zero-order valence-corrected chi connectivity index (χ0v) is 16.0. The van der Waals surface area contributed by atoms with E-state index in [1.165, 1.54) is 0 Å². The third kappa shape index (κ3) is 3.40. The van der Waals surface area contributed by atoms with Crippen LogP contribution in [0, 0.1) is 0 Å². The Balaban J connectivity index is 1.45. The molecule has 0 spiro atoms. The molecule has 26 heavy (non-hydrogen) atoms. The second-order valence-electron chi connectivity index (χ2n) is 6.17. The minimum Gasteiger partial charge on any atom is -0.448 e. The van der Waals surface area contributed by atoms with Gasteiger partial charge in [-0.15, -0.1) is 22.7 Å². The Kier molecular flexibility index (Phi) is 4.57. The highest BCUT2D eigenvalue weighted by molar-refractivity contribution is 7.21. The number of aromatic nitrogens is 2. The van der Waals surface area contributed by atoms with E-state index in [2.05, 4.69) is 29.1 Å². The van der Waals surface area contributed by atoms with Gasteiger partial charge in [-0.05, 0) is 24.3 Å². The molecule has 4 rings (SSSR count). The quantitative estimate of drug-likeness (QED) is 0.523. The first kappa shape index (κ1) is 16.9. The topological polar surface area (TPSA) is 68.0 Å². The van der Waals surface area contributed by atoms with Gasteiger partial charge in [0.05, 0.1) is 27.5 Å². The van der Waals surface area contributed by atoms with E-state index in [4.69, 9.17) is 4.42 Å². The van der Waals surface area contributed by atoms with Gasteiger partial charge in [-0.1, -0.05) is 26.0 Å². The summed E-state index contributed by atoms with van der Waals surface area (Å²) in [7, 11) is 0. The van der Waals surface area contributed by atoms with Crippen LogP contribution in [0.3, 0.4) is 0 Å². The Labute approximate surface area is 158 Å². The number of benzene rings is 1. The molecular formula is C19H17N3O2S2. The number of fused-ring (bicyclic) bond motifs is 1. The summed E-state index contributed by atoms with van der Waals surface area (Å²) in [5.74, 6) is 1.02. The summed E-state index contributed by atoms with van der Waals surface area (Å²) < 4.78 is 6.80. The number of hydrogen-bond acceptors (Lipinski definition) is 6. The third-order valence-electron chi connectivity index (χ3n) is 3.83.